The lowest BCUT2D eigenvalue weighted by Gasteiger charge is -2.27. The molecule has 1 unspecified atom stereocenters. The number of benzene rings is 1. The summed E-state index contributed by atoms with van der Waals surface area (Å²) in [7, 11) is 7.65. The van der Waals surface area contributed by atoms with Crippen LogP contribution in [-0.2, 0) is 4.74 Å². The maximum absolute atomic E-state index is 5.51. The lowest BCUT2D eigenvalue weighted by molar-refractivity contribution is 0.143. The van der Waals surface area contributed by atoms with Crippen LogP contribution < -0.4 is 15.4 Å². The third kappa shape index (κ3) is 9.05. The van der Waals surface area contributed by atoms with Gasteiger partial charge in [-0.05, 0) is 39.9 Å². The number of guanidine groups is 1. The van der Waals surface area contributed by atoms with Gasteiger partial charge in [0, 0.05) is 38.9 Å². The van der Waals surface area contributed by atoms with E-state index in [-0.39, 0.29) is 30.0 Å². The van der Waals surface area contributed by atoms with E-state index < -0.39 is 0 Å². The van der Waals surface area contributed by atoms with E-state index in [1.54, 1.807) is 14.2 Å². The van der Waals surface area contributed by atoms with Crippen LogP contribution in [0.5, 0.6) is 5.75 Å². The van der Waals surface area contributed by atoms with Crippen molar-refractivity contribution in [1.82, 2.24) is 15.5 Å². The van der Waals surface area contributed by atoms with Gasteiger partial charge in [-0.3, -0.25) is 4.99 Å². The first-order valence-corrected chi connectivity index (χ1v) is 8.95. The standard InChI is InChI=1S/C19H34N4O2.HI/c1-6-25-14-10-9-13-21-19(20-2)22-15-17(23(3)4)16-11-7-8-12-18(16)24-5;/h7-8,11-12,17H,6,9-10,13-15H2,1-5H3,(H2,20,21,22);1H. The SMILES string of the molecule is CCOCCCCNC(=NC)NCC(c1ccccc1OC)N(C)C.I. The fourth-order valence-electron chi connectivity index (χ4n) is 2.61. The molecule has 0 aliphatic heterocycles. The van der Waals surface area contributed by atoms with Gasteiger partial charge in [0.15, 0.2) is 5.96 Å². The van der Waals surface area contributed by atoms with Gasteiger partial charge in [0.2, 0.25) is 0 Å². The Hall–Kier alpha value is -1.06. The molecule has 6 nitrogen and oxygen atoms in total. The molecule has 1 rings (SSSR count). The highest BCUT2D eigenvalue weighted by Gasteiger charge is 2.18. The van der Waals surface area contributed by atoms with Crippen molar-refractivity contribution in [1.29, 1.82) is 0 Å². The van der Waals surface area contributed by atoms with E-state index in [0.717, 1.165) is 56.4 Å². The number of hydrogen-bond donors (Lipinski definition) is 2. The summed E-state index contributed by atoms with van der Waals surface area (Å²) < 4.78 is 10.9. The molecule has 1 aromatic carbocycles. The first kappa shape index (κ1) is 24.9. The second-order valence-electron chi connectivity index (χ2n) is 6.01. The summed E-state index contributed by atoms with van der Waals surface area (Å²) in [6.45, 7) is 5.25. The van der Waals surface area contributed by atoms with Gasteiger partial charge in [0.1, 0.15) is 5.75 Å². The van der Waals surface area contributed by atoms with Crippen molar-refractivity contribution in [3.63, 3.8) is 0 Å². The Labute approximate surface area is 175 Å². The van der Waals surface area contributed by atoms with Crippen LogP contribution in [0.3, 0.4) is 0 Å². The molecule has 0 amide bonds. The summed E-state index contributed by atoms with van der Waals surface area (Å²) in [6.07, 6.45) is 2.11. The number of likely N-dealkylation sites (N-methyl/N-ethyl adjacent to an activating group) is 1. The quantitative estimate of drug-likeness (QED) is 0.222. The van der Waals surface area contributed by atoms with Crippen LogP contribution >= 0.6 is 24.0 Å². The molecule has 2 N–H and O–H groups in total. The predicted octanol–water partition coefficient (Wildman–Crippen LogP) is 2.90. The molecule has 1 atom stereocenters. The molecule has 0 fully saturated rings. The normalized spacial score (nSPS) is 12.5. The van der Waals surface area contributed by atoms with Crippen molar-refractivity contribution < 1.29 is 9.47 Å². The third-order valence-corrected chi connectivity index (χ3v) is 4.02. The van der Waals surface area contributed by atoms with Crippen LogP contribution in [0, 0.1) is 0 Å². The monoisotopic (exact) mass is 478 g/mol. The first-order valence-electron chi connectivity index (χ1n) is 8.95. The molecular formula is C19H35IN4O2. The Morgan fingerprint density at radius 3 is 2.54 bits per heavy atom. The van der Waals surface area contributed by atoms with Gasteiger partial charge in [0.05, 0.1) is 13.2 Å². The number of rotatable bonds is 11. The Morgan fingerprint density at radius 1 is 1.19 bits per heavy atom. The molecule has 0 aromatic heterocycles. The Kier molecular flexibility index (Phi) is 14.4. The number of unbranched alkanes of at least 4 members (excludes halogenated alkanes) is 1. The maximum atomic E-state index is 5.51. The van der Waals surface area contributed by atoms with Crippen molar-refractivity contribution in [2.24, 2.45) is 4.99 Å². The number of para-hydroxylation sites is 1. The second-order valence-corrected chi connectivity index (χ2v) is 6.01. The molecule has 1 aromatic rings. The minimum absolute atomic E-state index is 0. The van der Waals surface area contributed by atoms with Gasteiger partial charge in [-0.25, -0.2) is 0 Å². The highest BCUT2D eigenvalue weighted by Crippen LogP contribution is 2.27. The molecule has 150 valence electrons. The van der Waals surface area contributed by atoms with E-state index in [1.165, 1.54) is 0 Å². The number of ether oxygens (including phenoxy) is 2. The number of methoxy groups -OCH3 is 1. The zero-order valence-electron chi connectivity index (χ0n) is 16.7. The molecule has 0 aliphatic rings. The van der Waals surface area contributed by atoms with Crippen molar-refractivity contribution in [3.8, 4) is 5.75 Å². The minimum atomic E-state index is 0. The van der Waals surface area contributed by atoms with Gasteiger partial charge in [-0.2, -0.15) is 0 Å². The second kappa shape index (κ2) is 15.0. The van der Waals surface area contributed by atoms with Crippen LogP contribution in [0.25, 0.3) is 0 Å². The Bertz CT molecular complexity index is 512. The zero-order chi connectivity index (χ0) is 18.5. The van der Waals surface area contributed by atoms with Gasteiger partial charge in [-0.1, -0.05) is 18.2 Å². The summed E-state index contributed by atoms with van der Waals surface area (Å²) in [4.78, 5) is 6.48. The summed E-state index contributed by atoms with van der Waals surface area (Å²) >= 11 is 0. The summed E-state index contributed by atoms with van der Waals surface area (Å²) in [5.41, 5.74) is 1.16. The predicted molar refractivity (Wildman–Crippen MR) is 120 cm³/mol. The summed E-state index contributed by atoms with van der Waals surface area (Å²) in [6, 6.07) is 8.32. The molecule has 7 heteroatoms. The van der Waals surface area contributed by atoms with Crippen molar-refractivity contribution in [3.05, 3.63) is 29.8 Å². The fourth-order valence-corrected chi connectivity index (χ4v) is 2.61. The van der Waals surface area contributed by atoms with Gasteiger partial charge < -0.3 is 25.0 Å². The molecule has 0 aliphatic carbocycles. The topological polar surface area (TPSA) is 58.1 Å². The third-order valence-electron chi connectivity index (χ3n) is 4.02. The molecule has 0 saturated heterocycles. The number of aliphatic imine (C=N–C) groups is 1. The number of hydrogen-bond acceptors (Lipinski definition) is 4. The van der Waals surface area contributed by atoms with E-state index in [9.17, 15) is 0 Å². The van der Waals surface area contributed by atoms with E-state index in [0.29, 0.717) is 0 Å². The summed E-state index contributed by atoms with van der Waals surface area (Å²) in [5.74, 6) is 1.72. The Balaban J connectivity index is 0.00000625. The van der Waals surface area contributed by atoms with Gasteiger partial charge in [0.25, 0.3) is 0 Å². The molecule has 0 spiro atoms. The molecule has 0 bridgehead atoms. The molecule has 0 saturated carbocycles. The molecule has 0 radical (unpaired) electrons. The van der Waals surface area contributed by atoms with Crippen molar-refractivity contribution >= 4 is 29.9 Å². The van der Waals surface area contributed by atoms with Crippen molar-refractivity contribution in [2.45, 2.75) is 25.8 Å². The smallest absolute Gasteiger partial charge is 0.191 e. The molecule has 26 heavy (non-hydrogen) atoms. The maximum Gasteiger partial charge on any atom is 0.191 e. The minimum Gasteiger partial charge on any atom is -0.496 e. The average molecular weight is 478 g/mol. The van der Waals surface area contributed by atoms with Crippen LogP contribution in [0.15, 0.2) is 29.3 Å². The van der Waals surface area contributed by atoms with Crippen LogP contribution in [0.2, 0.25) is 0 Å². The van der Waals surface area contributed by atoms with E-state index in [4.69, 9.17) is 9.47 Å². The zero-order valence-corrected chi connectivity index (χ0v) is 19.1. The largest absolute Gasteiger partial charge is 0.496 e. The number of halogens is 1. The van der Waals surface area contributed by atoms with Crippen LogP contribution in [0.4, 0.5) is 0 Å². The van der Waals surface area contributed by atoms with E-state index in [2.05, 4.69) is 40.7 Å². The van der Waals surface area contributed by atoms with E-state index >= 15 is 0 Å². The van der Waals surface area contributed by atoms with E-state index in [1.807, 2.05) is 25.1 Å². The number of nitrogens with zero attached hydrogens (tertiary/aromatic N) is 2. The van der Waals surface area contributed by atoms with Gasteiger partial charge in [-0.15, -0.1) is 24.0 Å². The number of nitrogens with one attached hydrogen (secondary N) is 2. The summed E-state index contributed by atoms with van der Waals surface area (Å²) in [5, 5.41) is 6.77. The first-order chi connectivity index (χ1) is 12.1. The highest BCUT2D eigenvalue weighted by molar-refractivity contribution is 14.0. The van der Waals surface area contributed by atoms with Crippen molar-refractivity contribution in [2.75, 3.05) is 54.6 Å². The lowest BCUT2D eigenvalue weighted by atomic mass is 10.0. The lowest BCUT2D eigenvalue weighted by Crippen LogP contribution is -2.42. The fraction of sp³-hybridized carbons (Fsp3) is 0.632. The Morgan fingerprint density at radius 2 is 1.92 bits per heavy atom. The molecular weight excluding hydrogens is 443 g/mol. The van der Waals surface area contributed by atoms with Crippen LogP contribution in [-0.4, -0.2) is 65.4 Å². The van der Waals surface area contributed by atoms with Gasteiger partial charge >= 0.3 is 0 Å². The molecule has 0 heterocycles. The van der Waals surface area contributed by atoms with Crippen LogP contribution in [0.1, 0.15) is 31.4 Å². The average Bonchev–Trinajstić information content (AvgIpc) is 2.63. The highest BCUT2D eigenvalue weighted by atomic mass is 127.